The van der Waals surface area contributed by atoms with Crippen LogP contribution < -0.4 is 5.69 Å². The van der Waals surface area contributed by atoms with Crippen LogP contribution in [0.3, 0.4) is 0 Å². The van der Waals surface area contributed by atoms with Gasteiger partial charge in [-0.3, -0.25) is 9.36 Å². The van der Waals surface area contributed by atoms with Crippen LogP contribution in [-0.2, 0) is 30.8 Å². The Bertz CT molecular complexity index is 796. The van der Waals surface area contributed by atoms with Gasteiger partial charge in [-0.05, 0) is 30.5 Å². The number of likely N-dealkylation sites (N-methyl/N-ethyl adjacent to an activating group) is 1. The summed E-state index contributed by atoms with van der Waals surface area (Å²) in [4.78, 5) is 26.2. The normalized spacial score (nSPS) is 14.1. The molecule has 7 heteroatoms. The van der Waals surface area contributed by atoms with Gasteiger partial charge in [0.15, 0.2) is 0 Å². The minimum Gasteiger partial charge on any atom is -0.340 e. The number of carbonyl (C=O) groups excluding carboxylic acids is 1. The molecule has 0 saturated carbocycles. The number of hydrogen-bond donors (Lipinski definition) is 0. The molecule has 2 aromatic rings. The third-order valence-corrected chi connectivity index (χ3v) is 4.30. The lowest BCUT2D eigenvalue weighted by Gasteiger charge is -2.17. The van der Waals surface area contributed by atoms with Crippen molar-refractivity contribution in [3.8, 4) is 0 Å². The fourth-order valence-corrected chi connectivity index (χ4v) is 2.97. The quantitative estimate of drug-likeness (QED) is 0.854. The zero-order chi connectivity index (χ0) is 17.1. The van der Waals surface area contributed by atoms with Gasteiger partial charge in [0.05, 0.1) is 0 Å². The number of fused-ring (bicyclic) bond motifs is 1. The van der Waals surface area contributed by atoms with Gasteiger partial charge in [-0.1, -0.05) is 18.6 Å². The lowest BCUT2D eigenvalue weighted by molar-refractivity contribution is -0.131. The zero-order valence-electron chi connectivity index (χ0n) is 13.7. The van der Waals surface area contributed by atoms with Crippen LogP contribution in [0.2, 0.25) is 0 Å². The number of carbonyl (C=O) groups is 1. The summed E-state index contributed by atoms with van der Waals surface area (Å²) in [5.74, 6) is 0.204. The van der Waals surface area contributed by atoms with Crippen LogP contribution in [0.1, 0.15) is 30.7 Å². The van der Waals surface area contributed by atoms with Crippen molar-refractivity contribution in [1.82, 2.24) is 19.2 Å². The van der Waals surface area contributed by atoms with E-state index in [9.17, 15) is 14.0 Å². The molecule has 1 aliphatic heterocycles. The predicted molar refractivity (Wildman–Crippen MR) is 86.9 cm³/mol. The number of amides is 1. The lowest BCUT2D eigenvalue weighted by atomic mass is 10.2. The minimum absolute atomic E-state index is 0.0926. The average molecular weight is 332 g/mol. The molecule has 0 spiro atoms. The maximum Gasteiger partial charge on any atom is 0.346 e. The van der Waals surface area contributed by atoms with Crippen LogP contribution in [0.15, 0.2) is 29.1 Å². The molecule has 0 bridgehead atoms. The maximum absolute atomic E-state index is 13.2. The van der Waals surface area contributed by atoms with Gasteiger partial charge in [-0.2, -0.15) is 5.10 Å². The van der Waals surface area contributed by atoms with E-state index >= 15 is 0 Å². The molecule has 0 radical (unpaired) electrons. The summed E-state index contributed by atoms with van der Waals surface area (Å²) in [6.45, 7) is 0.866. The molecule has 1 amide bonds. The Balaban J connectivity index is 1.69. The number of halogens is 1. The second kappa shape index (κ2) is 6.98. The first kappa shape index (κ1) is 16.4. The monoisotopic (exact) mass is 332 g/mol. The van der Waals surface area contributed by atoms with Gasteiger partial charge < -0.3 is 4.90 Å². The number of hydrogen-bond acceptors (Lipinski definition) is 3. The summed E-state index contributed by atoms with van der Waals surface area (Å²) in [6, 6.07) is 6.13. The van der Waals surface area contributed by atoms with Crippen molar-refractivity contribution in [2.75, 3.05) is 7.05 Å². The molecule has 0 N–H and O–H groups in total. The molecular weight excluding hydrogens is 311 g/mol. The molecular formula is C17H21FN4O2. The molecule has 24 heavy (non-hydrogen) atoms. The molecule has 0 saturated heterocycles. The summed E-state index contributed by atoms with van der Waals surface area (Å²) in [5.41, 5.74) is 0.484. The van der Waals surface area contributed by atoms with Crippen molar-refractivity contribution in [3.05, 3.63) is 52.0 Å². The van der Waals surface area contributed by atoms with Gasteiger partial charge in [0.1, 0.15) is 18.2 Å². The van der Waals surface area contributed by atoms with E-state index in [1.165, 1.54) is 21.7 Å². The van der Waals surface area contributed by atoms with Gasteiger partial charge in [-0.25, -0.2) is 13.9 Å². The summed E-state index contributed by atoms with van der Waals surface area (Å²) < 4.78 is 16.1. The molecule has 0 unspecified atom stereocenters. The second-order valence-corrected chi connectivity index (χ2v) is 6.20. The van der Waals surface area contributed by atoms with Gasteiger partial charge in [0.2, 0.25) is 5.91 Å². The number of benzene rings is 1. The molecule has 6 nitrogen and oxygen atoms in total. The third-order valence-electron chi connectivity index (χ3n) is 4.30. The Hall–Kier alpha value is -2.44. The smallest absolute Gasteiger partial charge is 0.340 e. The number of aromatic nitrogens is 3. The van der Waals surface area contributed by atoms with Gasteiger partial charge in [0, 0.05) is 26.6 Å². The molecule has 2 heterocycles. The van der Waals surface area contributed by atoms with Crippen LogP contribution >= 0.6 is 0 Å². The number of aryl methyl sites for hydroxylation is 1. The van der Waals surface area contributed by atoms with E-state index in [1.807, 2.05) is 0 Å². The Kier molecular flexibility index (Phi) is 4.78. The van der Waals surface area contributed by atoms with Crippen molar-refractivity contribution >= 4 is 5.91 Å². The Morgan fingerprint density at radius 3 is 2.96 bits per heavy atom. The lowest BCUT2D eigenvalue weighted by Crippen LogP contribution is -2.34. The Labute approximate surface area is 139 Å². The molecule has 0 fully saturated rings. The van der Waals surface area contributed by atoms with Crippen molar-refractivity contribution in [2.45, 2.75) is 45.3 Å². The first-order valence-corrected chi connectivity index (χ1v) is 8.19. The van der Waals surface area contributed by atoms with Gasteiger partial charge >= 0.3 is 5.69 Å². The van der Waals surface area contributed by atoms with E-state index in [4.69, 9.17) is 0 Å². The Morgan fingerprint density at radius 2 is 2.17 bits per heavy atom. The van der Waals surface area contributed by atoms with E-state index in [2.05, 4.69) is 5.10 Å². The molecule has 0 atom stereocenters. The predicted octanol–water partition coefficient (Wildman–Crippen LogP) is 1.57. The van der Waals surface area contributed by atoms with E-state index in [1.54, 1.807) is 23.7 Å². The molecule has 3 rings (SSSR count). The first-order valence-electron chi connectivity index (χ1n) is 8.19. The molecule has 0 aliphatic carbocycles. The van der Waals surface area contributed by atoms with Crippen molar-refractivity contribution in [1.29, 1.82) is 0 Å². The highest BCUT2D eigenvalue weighted by atomic mass is 19.1. The van der Waals surface area contributed by atoms with Gasteiger partial charge in [-0.15, -0.1) is 0 Å². The fourth-order valence-electron chi connectivity index (χ4n) is 2.97. The second-order valence-electron chi connectivity index (χ2n) is 6.20. The van der Waals surface area contributed by atoms with E-state index < -0.39 is 0 Å². The van der Waals surface area contributed by atoms with Crippen LogP contribution in [0, 0.1) is 5.82 Å². The summed E-state index contributed by atoms with van der Waals surface area (Å²) in [6.07, 6.45) is 3.85. The van der Waals surface area contributed by atoms with Crippen molar-refractivity contribution < 1.29 is 9.18 Å². The summed E-state index contributed by atoms with van der Waals surface area (Å²) in [7, 11) is 1.64. The summed E-state index contributed by atoms with van der Waals surface area (Å²) in [5, 5.41) is 4.31. The Morgan fingerprint density at radius 1 is 1.33 bits per heavy atom. The van der Waals surface area contributed by atoms with E-state index in [0.717, 1.165) is 31.5 Å². The average Bonchev–Trinajstić information content (AvgIpc) is 2.73. The number of nitrogens with zero attached hydrogens (tertiary/aromatic N) is 4. The van der Waals surface area contributed by atoms with E-state index in [-0.39, 0.29) is 24.0 Å². The zero-order valence-corrected chi connectivity index (χ0v) is 13.7. The standard InChI is InChI=1S/C17H21FN4O2/c1-20(11-13-6-5-7-14(18)10-13)16(23)12-22-17(24)21-9-4-2-3-8-15(21)19-22/h5-7,10H,2-4,8-9,11-12H2,1H3. The minimum atomic E-state index is -0.331. The molecule has 1 aromatic carbocycles. The highest BCUT2D eigenvalue weighted by Crippen LogP contribution is 2.11. The highest BCUT2D eigenvalue weighted by Gasteiger charge is 2.18. The first-order chi connectivity index (χ1) is 11.5. The van der Waals surface area contributed by atoms with Crippen molar-refractivity contribution in [2.24, 2.45) is 0 Å². The van der Waals surface area contributed by atoms with E-state index in [0.29, 0.717) is 18.7 Å². The fraction of sp³-hybridized carbons (Fsp3) is 0.471. The number of rotatable bonds is 4. The maximum atomic E-state index is 13.2. The topological polar surface area (TPSA) is 60.1 Å². The third kappa shape index (κ3) is 3.55. The highest BCUT2D eigenvalue weighted by molar-refractivity contribution is 5.75. The van der Waals surface area contributed by atoms with Crippen LogP contribution in [0.4, 0.5) is 4.39 Å². The SMILES string of the molecule is CN(Cc1cccc(F)c1)C(=O)Cn1nc2n(c1=O)CCCCC2. The molecule has 1 aromatic heterocycles. The van der Waals surface area contributed by atoms with Crippen LogP contribution in [0.5, 0.6) is 0 Å². The molecule has 128 valence electrons. The van der Waals surface area contributed by atoms with Gasteiger partial charge in [0.25, 0.3) is 0 Å². The molecule has 1 aliphatic rings. The largest absolute Gasteiger partial charge is 0.346 e. The van der Waals surface area contributed by atoms with Crippen LogP contribution in [-0.4, -0.2) is 32.2 Å². The van der Waals surface area contributed by atoms with Crippen LogP contribution in [0.25, 0.3) is 0 Å². The van der Waals surface area contributed by atoms with Crippen molar-refractivity contribution in [3.63, 3.8) is 0 Å². The summed E-state index contributed by atoms with van der Waals surface area (Å²) >= 11 is 0.